The van der Waals surface area contributed by atoms with E-state index in [1.54, 1.807) is 0 Å². The molecule has 3 aromatic rings. The van der Waals surface area contributed by atoms with Gasteiger partial charge < -0.3 is 10.6 Å². The van der Waals surface area contributed by atoms with Crippen molar-refractivity contribution in [2.75, 3.05) is 26.2 Å². The standard InChI is InChI=1S/C35H41Cl2N3O2/c1-5-39-19-17-34(32(38)42,26-9-7-6-8-10-26)22-30(39)35(27-15-16-28(36)29(37)21-27)18-20-40(23-35)31(41)24-11-13-25(14-12-24)33(2,3)4/h6-16,21,30H,5,17-20,22-23H2,1-4H3,(H2,38,42). The van der Waals surface area contributed by atoms with E-state index in [-0.39, 0.29) is 23.3 Å². The van der Waals surface area contributed by atoms with Crippen molar-refractivity contribution in [1.29, 1.82) is 0 Å². The van der Waals surface area contributed by atoms with E-state index in [2.05, 4.69) is 44.7 Å². The summed E-state index contributed by atoms with van der Waals surface area (Å²) in [6.45, 7) is 11.3. The fourth-order valence-electron chi connectivity index (χ4n) is 7.17. The van der Waals surface area contributed by atoms with E-state index >= 15 is 0 Å². The molecule has 5 rings (SSSR count). The van der Waals surface area contributed by atoms with Gasteiger partial charge in [-0.1, -0.05) is 99.4 Å². The molecule has 2 fully saturated rings. The van der Waals surface area contributed by atoms with Crippen LogP contribution in [0.1, 0.15) is 74.0 Å². The normalized spacial score (nSPS) is 25.0. The number of rotatable bonds is 6. The van der Waals surface area contributed by atoms with Crippen LogP contribution in [-0.4, -0.2) is 53.8 Å². The highest BCUT2D eigenvalue weighted by atomic mass is 35.5. The van der Waals surface area contributed by atoms with E-state index in [4.69, 9.17) is 28.9 Å². The maximum Gasteiger partial charge on any atom is 0.253 e. The molecule has 2 amide bonds. The zero-order valence-corrected chi connectivity index (χ0v) is 26.5. The largest absolute Gasteiger partial charge is 0.369 e. The molecule has 3 atom stereocenters. The van der Waals surface area contributed by atoms with E-state index < -0.39 is 10.8 Å². The number of piperidine rings is 1. The zero-order valence-electron chi connectivity index (χ0n) is 25.0. The predicted molar refractivity (Wildman–Crippen MR) is 171 cm³/mol. The molecule has 0 aromatic heterocycles. The maximum absolute atomic E-state index is 13.9. The van der Waals surface area contributed by atoms with Gasteiger partial charge in [-0.15, -0.1) is 0 Å². The van der Waals surface area contributed by atoms with Crippen molar-refractivity contribution < 1.29 is 9.59 Å². The Labute approximate surface area is 260 Å². The van der Waals surface area contributed by atoms with Crippen molar-refractivity contribution in [2.24, 2.45) is 5.73 Å². The first-order valence-corrected chi connectivity index (χ1v) is 15.6. The molecule has 2 saturated heterocycles. The smallest absolute Gasteiger partial charge is 0.253 e. The number of nitrogens with two attached hydrogens (primary N) is 1. The Balaban J connectivity index is 1.57. The summed E-state index contributed by atoms with van der Waals surface area (Å²) in [4.78, 5) is 31.7. The van der Waals surface area contributed by atoms with Crippen LogP contribution in [0.2, 0.25) is 10.0 Å². The van der Waals surface area contributed by atoms with Gasteiger partial charge in [0.25, 0.3) is 5.91 Å². The number of halogens is 2. The van der Waals surface area contributed by atoms with Gasteiger partial charge in [0.1, 0.15) is 0 Å². The first-order chi connectivity index (χ1) is 19.9. The molecule has 0 bridgehead atoms. The summed E-state index contributed by atoms with van der Waals surface area (Å²) in [7, 11) is 0. The first-order valence-electron chi connectivity index (χ1n) is 14.9. The fraction of sp³-hybridized carbons (Fsp3) is 0.429. The molecule has 0 saturated carbocycles. The lowest BCUT2D eigenvalue weighted by Crippen LogP contribution is -2.61. The number of likely N-dealkylation sites (N-methyl/N-ethyl adjacent to an activating group) is 1. The minimum Gasteiger partial charge on any atom is -0.369 e. The Bertz CT molecular complexity index is 1450. The van der Waals surface area contributed by atoms with Crippen LogP contribution in [0.3, 0.4) is 0 Å². The average molecular weight is 607 g/mol. The van der Waals surface area contributed by atoms with Gasteiger partial charge in [0.2, 0.25) is 5.91 Å². The van der Waals surface area contributed by atoms with Crippen molar-refractivity contribution in [2.45, 2.75) is 69.2 Å². The summed E-state index contributed by atoms with van der Waals surface area (Å²) >= 11 is 13.0. The first kappa shape index (κ1) is 30.6. The number of primary amides is 1. The molecule has 2 heterocycles. The topological polar surface area (TPSA) is 66.6 Å². The van der Waals surface area contributed by atoms with Crippen LogP contribution in [0.25, 0.3) is 0 Å². The zero-order chi connectivity index (χ0) is 30.3. The van der Waals surface area contributed by atoms with E-state index in [0.717, 1.165) is 30.6 Å². The Hall–Kier alpha value is -2.86. The third-order valence-corrected chi connectivity index (χ3v) is 10.5. The quantitative estimate of drug-likeness (QED) is 0.329. The number of amides is 2. The molecule has 0 spiro atoms. The molecular weight excluding hydrogens is 565 g/mol. The Morgan fingerprint density at radius 2 is 1.60 bits per heavy atom. The third-order valence-electron chi connectivity index (χ3n) is 9.73. The molecular formula is C35H41Cl2N3O2. The molecule has 2 N–H and O–H groups in total. The maximum atomic E-state index is 13.9. The lowest BCUT2D eigenvalue weighted by molar-refractivity contribution is -0.127. The van der Waals surface area contributed by atoms with Gasteiger partial charge in [-0.2, -0.15) is 0 Å². The molecule has 3 aromatic carbocycles. The van der Waals surface area contributed by atoms with Gasteiger partial charge in [-0.25, -0.2) is 0 Å². The van der Waals surface area contributed by atoms with Gasteiger partial charge in [0.15, 0.2) is 0 Å². The second-order valence-electron chi connectivity index (χ2n) is 13.0. The molecule has 42 heavy (non-hydrogen) atoms. The highest BCUT2D eigenvalue weighted by Crippen LogP contribution is 2.49. The van der Waals surface area contributed by atoms with Crippen molar-refractivity contribution in [1.82, 2.24) is 9.80 Å². The SMILES string of the molecule is CCN1CCC(C(N)=O)(c2ccccc2)CC1C1(c2ccc(Cl)c(Cl)c2)CCN(C(=O)c2ccc(C(C)(C)C)cc2)C1. The van der Waals surface area contributed by atoms with Crippen molar-refractivity contribution >= 4 is 35.0 Å². The van der Waals surface area contributed by atoms with Gasteiger partial charge in [0.05, 0.1) is 15.5 Å². The van der Waals surface area contributed by atoms with Crippen LogP contribution >= 0.6 is 23.2 Å². The highest BCUT2D eigenvalue weighted by Gasteiger charge is 2.55. The highest BCUT2D eigenvalue weighted by molar-refractivity contribution is 6.42. The van der Waals surface area contributed by atoms with E-state index in [9.17, 15) is 9.59 Å². The van der Waals surface area contributed by atoms with Crippen molar-refractivity contribution in [3.63, 3.8) is 0 Å². The van der Waals surface area contributed by atoms with Crippen molar-refractivity contribution in [3.8, 4) is 0 Å². The number of likely N-dealkylation sites (tertiary alicyclic amines) is 2. The molecule has 222 valence electrons. The average Bonchev–Trinajstić information content (AvgIpc) is 3.44. The number of carbonyl (C=O) groups excluding carboxylic acids is 2. The molecule has 7 heteroatoms. The van der Waals surface area contributed by atoms with Crippen LogP contribution in [0.4, 0.5) is 0 Å². The molecule has 2 aliphatic rings. The number of benzene rings is 3. The Morgan fingerprint density at radius 3 is 2.19 bits per heavy atom. The van der Waals surface area contributed by atoms with Crippen LogP contribution in [0.15, 0.2) is 72.8 Å². The lowest BCUT2D eigenvalue weighted by Gasteiger charge is -2.52. The number of hydrogen-bond donors (Lipinski definition) is 1. The lowest BCUT2D eigenvalue weighted by atomic mass is 9.61. The summed E-state index contributed by atoms with van der Waals surface area (Å²) < 4.78 is 0. The van der Waals surface area contributed by atoms with Crippen LogP contribution < -0.4 is 5.73 Å². The number of hydrogen-bond acceptors (Lipinski definition) is 3. The van der Waals surface area contributed by atoms with Crippen LogP contribution in [-0.2, 0) is 21.0 Å². The third kappa shape index (κ3) is 5.47. The molecule has 5 nitrogen and oxygen atoms in total. The monoisotopic (exact) mass is 605 g/mol. The minimum absolute atomic E-state index is 0.00843. The summed E-state index contributed by atoms with van der Waals surface area (Å²) in [6.07, 6.45) is 1.95. The summed E-state index contributed by atoms with van der Waals surface area (Å²) in [5.74, 6) is -0.288. The molecule has 3 unspecified atom stereocenters. The minimum atomic E-state index is -0.805. The Morgan fingerprint density at radius 1 is 0.905 bits per heavy atom. The number of carbonyl (C=O) groups is 2. The summed E-state index contributed by atoms with van der Waals surface area (Å²) in [5, 5.41) is 0.978. The second kappa shape index (κ2) is 11.7. The summed E-state index contributed by atoms with van der Waals surface area (Å²) in [5.41, 5.74) is 8.83. The van der Waals surface area contributed by atoms with E-state index in [1.807, 2.05) is 65.6 Å². The van der Waals surface area contributed by atoms with Crippen molar-refractivity contribution in [3.05, 3.63) is 105 Å². The van der Waals surface area contributed by atoms with Gasteiger partial charge >= 0.3 is 0 Å². The second-order valence-corrected chi connectivity index (χ2v) is 13.8. The fourth-order valence-corrected chi connectivity index (χ4v) is 7.47. The van der Waals surface area contributed by atoms with Gasteiger partial charge in [-0.3, -0.25) is 14.5 Å². The molecule has 0 aliphatic carbocycles. The Kier molecular flexibility index (Phi) is 8.50. The predicted octanol–water partition coefficient (Wildman–Crippen LogP) is 6.98. The number of nitrogens with zero attached hydrogens (tertiary/aromatic N) is 2. The molecule has 2 aliphatic heterocycles. The van der Waals surface area contributed by atoms with E-state index in [1.165, 1.54) is 5.56 Å². The van der Waals surface area contributed by atoms with Gasteiger partial charge in [0, 0.05) is 30.1 Å². The summed E-state index contributed by atoms with van der Waals surface area (Å²) in [6, 6.07) is 23.7. The molecule has 0 radical (unpaired) electrons. The van der Waals surface area contributed by atoms with E-state index in [0.29, 0.717) is 41.5 Å². The van der Waals surface area contributed by atoms with Gasteiger partial charge in [-0.05, 0) is 78.7 Å². The van der Waals surface area contributed by atoms with Crippen LogP contribution in [0, 0.1) is 0 Å². The van der Waals surface area contributed by atoms with Crippen LogP contribution in [0.5, 0.6) is 0 Å².